The molecule has 0 aliphatic rings. The highest BCUT2D eigenvalue weighted by molar-refractivity contribution is 5.66. The minimum absolute atomic E-state index is 0.341. The quantitative estimate of drug-likeness (QED) is 0.312. The first-order valence-corrected chi connectivity index (χ1v) is 9.67. The van der Waals surface area contributed by atoms with Gasteiger partial charge in [0.05, 0.1) is 26.2 Å². The molecular weight excluding hydrogens is 274 g/mol. The Morgan fingerprint density at radius 1 is 0.682 bits per heavy atom. The second-order valence-electron chi connectivity index (χ2n) is 6.69. The summed E-state index contributed by atoms with van der Waals surface area (Å²) in [6.07, 6.45) is 13.0. The number of nitrogens with zero attached hydrogens (tertiary/aromatic N) is 1. The van der Waals surface area contributed by atoms with E-state index in [2.05, 4.69) is 20.8 Å². The molecule has 0 aromatic rings. The molecule has 0 aromatic carbocycles. The largest absolute Gasteiger partial charge is 0.481 e. The van der Waals surface area contributed by atoms with Crippen LogP contribution in [0.5, 0.6) is 0 Å². The number of carbonyl (C=O) groups is 1. The summed E-state index contributed by atoms with van der Waals surface area (Å²) >= 11 is 0. The summed E-state index contributed by atoms with van der Waals surface area (Å²) in [5, 5.41) is 8.55. The molecule has 0 bridgehead atoms. The molecule has 0 spiro atoms. The van der Waals surface area contributed by atoms with Crippen molar-refractivity contribution in [3.8, 4) is 0 Å². The molecule has 0 aromatic heterocycles. The minimum atomic E-state index is -0.656. The summed E-state index contributed by atoms with van der Waals surface area (Å²) in [5.74, 6) is -0.656. The van der Waals surface area contributed by atoms with Gasteiger partial charge in [-0.1, -0.05) is 44.9 Å². The van der Waals surface area contributed by atoms with E-state index in [1.165, 1.54) is 82.0 Å². The lowest BCUT2D eigenvalue weighted by atomic mass is 10.1. The van der Waals surface area contributed by atoms with Crippen LogP contribution in [0.4, 0.5) is 0 Å². The van der Waals surface area contributed by atoms with Crippen molar-refractivity contribution in [2.45, 2.75) is 91.4 Å². The van der Waals surface area contributed by atoms with Gasteiger partial charge < -0.3 is 9.59 Å². The molecule has 0 rings (SSSR count). The molecule has 0 fully saturated rings. The van der Waals surface area contributed by atoms with E-state index in [4.69, 9.17) is 5.11 Å². The Kier molecular flexibility index (Phi) is 13.7. The third kappa shape index (κ3) is 11.1. The molecule has 0 saturated carbocycles. The third-order valence-electron chi connectivity index (χ3n) is 5.29. The number of hydrogen-bond acceptors (Lipinski definition) is 1. The van der Waals surface area contributed by atoms with Crippen molar-refractivity contribution in [2.24, 2.45) is 0 Å². The summed E-state index contributed by atoms with van der Waals surface area (Å²) < 4.78 is 1.29. The van der Waals surface area contributed by atoms with E-state index in [1.54, 1.807) is 0 Å². The molecule has 3 heteroatoms. The standard InChI is InChI=1S/C19H39NO2/c1-4-20(5-2,6-3)18-16-14-12-10-8-7-9-11-13-15-17-19(21)22/h4-18H2,1-3H3/p+1. The Morgan fingerprint density at radius 2 is 1.05 bits per heavy atom. The molecular formula is C19H40NO2+. The Bertz CT molecular complexity index is 254. The summed E-state index contributed by atoms with van der Waals surface area (Å²) in [6.45, 7) is 12.1. The minimum Gasteiger partial charge on any atom is -0.481 e. The Labute approximate surface area is 138 Å². The Balaban J connectivity index is 3.32. The maximum absolute atomic E-state index is 10.4. The van der Waals surface area contributed by atoms with Gasteiger partial charge >= 0.3 is 5.97 Å². The van der Waals surface area contributed by atoms with Gasteiger partial charge in [-0.15, -0.1) is 0 Å². The van der Waals surface area contributed by atoms with Crippen LogP contribution in [-0.2, 0) is 4.79 Å². The maximum atomic E-state index is 10.4. The van der Waals surface area contributed by atoms with Crippen molar-refractivity contribution < 1.29 is 14.4 Å². The second-order valence-corrected chi connectivity index (χ2v) is 6.69. The Morgan fingerprint density at radius 3 is 1.41 bits per heavy atom. The normalized spacial score (nSPS) is 11.8. The van der Waals surface area contributed by atoms with Crippen LogP contribution in [-0.4, -0.2) is 41.7 Å². The predicted molar refractivity (Wildman–Crippen MR) is 95.2 cm³/mol. The lowest BCUT2D eigenvalue weighted by Crippen LogP contribution is -2.48. The molecule has 0 atom stereocenters. The zero-order valence-corrected chi connectivity index (χ0v) is 15.4. The summed E-state index contributed by atoms with van der Waals surface area (Å²) in [7, 11) is 0. The first-order chi connectivity index (χ1) is 10.6. The van der Waals surface area contributed by atoms with Gasteiger partial charge in [-0.05, 0) is 40.0 Å². The average Bonchev–Trinajstić information content (AvgIpc) is 2.52. The molecule has 132 valence electrons. The first-order valence-electron chi connectivity index (χ1n) is 9.67. The number of unbranched alkanes of at least 4 members (excludes halogenated alkanes) is 9. The molecule has 3 nitrogen and oxygen atoms in total. The van der Waals surface area contributed by atoms with Crippen LogP contribution in [0.3, 0.4) is 0 Å². The fourth-order valence-electron chi connectivity index (χ4n) is 3.28. The van der Waals surface area contributed by atoms with Gasteiger partial charge in [-0.25, -0.2) is 0 Å². The molecule has 22 heavy (non-hydrogen) atoms. The van der Waals surface area contributed by atoms with Gasteiger partial charge in [-0.3, -0.25) is 4.79 Å². The van der Waals surface area contributed by atoms with Crippen LogP contribution < -0.4 is 0 Å². The van der Waals surface area contributed by atoms with Crippen LogP contribution in [0.15, 0.2) is 0 Å². The number of carboxylic acids is 1. The first kappa shape index (κ1) is 21.4. The average molecular weight is 315 g/mol. The molecule has 0 aliphatic heterocycles. The summed E-state index contributed by atoms with van der Waals surface area (Å²) in [6, 6.07) is 0. The van der Waals surface area contributed by atoms with Crippen molar-refractivity contribution >= 4 is 5.97 Å². The monoisotopic (exact) mass is 314 g/mol. The van der Waals surface area contributed by atoms with Crippen molar-refractivity contribution in [3.05, 3.63) is 0 Å². The van der Waals surface area contributed by atoms with E-state index >= 15 is 0 Å². The van der Waals surface area contributed by atoms with Crippen LogP contribution in [0.25, 0.3) is 0 Å². The smallest absolute Gasteiger partial charge is 0.303 e. The van der Waals surface area contributed by atoms with E-state index in [1.807, 2.05) is 0 Å². The number of rotatable bonds is 16. The predicted octanol–water partition coefficient (Wildman–Crippen LogP) is 5.24. The van der Waals surface area contributed by atoms with Gasteiger partial charge in [0.25, 0.3) is 0 Å². The zero-order chi connectivity index (χ0) is 16.7. The third-order valence-corrected chi connectivity index (χ3v) is 5.29. The number of quaternary nitrogens is 1. The van der Waals surface area contributed by atoms with Gasteiger partial charge in [0.1, 0.15) is 0 Å². The molecule has 0 amide bonds. The highest BCUT2D eigenvalue weighted by atomic mass is 16.4. The lowest BCUT2D eigenvalue weighted by molar-refractivity contribution is -0.923. The fourth-order valence-corrected chi connectivity index (χ4v) is 3.28. The van der Waals surface area contributed by atoms with Gasteiger partial charge in [0, 0.05) is 6.42 Å². The maximum Gasteiger partial charge on any atom is 0.303 e. The van der Waals surface area contributed by atoms with Crippen molar-refractivity contribution in [1.29, 1.82) is 0 Å². The van der Waals surface area contributed by atoms with E-state index in [-0.39, 0.29) is 0 Å². The summed E-state index contributed by atoms with van der Waals surface area (Å²) in [4.78, 5) is 10.4. The second kappa shape index (κ2) is 14.0. The lowest BCUT2D eigenvalue weighted by Gasteiger charge is -2.35. The SMILES string of the molecule is CC[N+](CC)(CC)CCCCCCCCCCCCC(=O)O. The molecule has 0 saturated heterocycles. The van der Waals surface area contributed by atoms with E-state index in [9.17, 15) is 4.79 Å². The highest BCUT2D eigenvalue weighted by Crippen LogP contribution is 2.13. The van der Waals surface area contributed by atoms with Crippen LogP contribution in [0.2, 0.25) is 0 Å². The van der Waals surface area contributed by atoms with Crippen molar-refractivity contribution in [2.75, 3.05) is 26.2 Å². The molecule has 0 heterocycles. The van der Waals surface area contributed by atoms with E-state index < -0.39 is 5.97 Å². The number of carboxylic acid groups (broad SMARTS) is 1. The zero-order valence-electron chi connectivity index (χ0n) is 15.4. The van der Waals surface area contributed by atoms with Gasteiger partial charge in [-0.2, -0.15) is 0 Å². The highest BCUT2D eigenvalue weighted by Gasteiger charge is 2.19. The number of hydrogen-bond donors (Lipinski definition) is 1. The number of aliphatic carboxylic acids is 1. The Hall–Kier alpha value is -0.570. The van der Waals surface area contributed by atoms with E-state index in [0.717, 1.165) is 12.8 Å². The van der Waals surface area contributed by atoms with Crippen molar-refractivity contribution in [1.82, 2.24) is 0 Å². The fraction of sp³-hybridized carbons (Fsp3) is 0.947. The summed E-state index contributed by atoms with van der Waals surface area (Å²) in [5.41, 5.74) is 0. The van der Waals surface area contributed by atoms with Gasteiger partial charge in [0.2, 0.25) is 0 Å². The molecule has 1 N–H and O–H groups in total. The molecule has 0 aliphatic carbocycles. The van der Waals surface area contributed by atoms with Crippen molar-refractivity contribution in [3.63, 3.8) is 0 Å². The van der Waals surface area contributed by atoms with Crippen LogP contribution in [0, 0.1) is 0 Å². The van der Waals surface area contributed by atoms with Crippen LogP contribution >= 0.6 is 0 Å². The van der Waals surface area contributed by atoms with Gasteiger partial charge in [0.15, 0.2) is 0 Å². The van der Waals surface area contributed by atoms with E-state index in [0.29, 0.717) is 6.42 Å². The topological polar surface area (TPSA) is 37.3 Å². The molecule has 0 radical (unpaired) electrons. The molecule has 0 unspecified atom stereocenters. The van der Waals surface area contributed by atoms with Crippen LogP contribution in [0.1, 0.15) is 91.4 Å².